The molecular formula is C18H11BrN2O4. The van der Waals surface area contributed by atoms with Crippen molar-refractivity contribution in [3.05, 3.63) is 86.0 Å². The van der Waals surface area contributed by atoms with Crippen LogP contribution in [0.5, 0.6) is 0 Å². The number of hydrogen-bond acceptors (Lipinski definition) is 5. The van der Waals surface area contributed by atoms with Gasteiger partial charge in [0.05, 0.1) is 4.92 Å². The van der Waals surface area contributed by atoms with Gasteiger partial charge in [-0.3, -0.25) is 10.1 Å². The number of nitro groups is 1. The van der Waals surface area contributed by atoms with Crippen LogP contribution in [0.1, 0.15) is 11.1 Å². The Kier molecular flexibility index (Phi) is 4.85. The first kappa shape index (κ1) is 16.8. The fraction of sp³-hybridized carbons (Fsp3) is 0. The Balaban J connectivity index is 1.81. The highest BCUT2D eigenvalue weighted by molar-refractivity contribution is 9.10. The van der Waals surface area contributed by atoms with Crippen LogP contribution in [0.4, 0.5) is 5.69 Å². The minimum atomic E-state index is -0.543. The van der Waals surface area contributed by atoms with Crippen molar-refractivity contribution in [3.63, 3.8) is 0 Å². The maximum atomic E-state index is 11.9. The maximum absolute atomic E-state index is 11.9. The molecule has 2 aromatic rings. The fourth-order valence-electron chi connectivity index (χ4n) is 2.16. The molecular weight excluding hydrogens is 388 g/mol. The van der Waals surface area contributed by atoms with Crippen LogP contribution in [0.15, 0.2) is 69.8 Å². The topological polar surface area (TPSA) is 81.8 Å². The molecule has 0 radical (unpaired) electrons. The van der Waals surface area contributed by atoms with Crippen molar-refractivity contribution in [2.75, 3.05) is 0 Å². The first-order valence-electron chi connectivity index (χ1n) is 7.22. The normalized spacial score (nSPS) is 15.5. The van der Waals surface area contributed by atoms with E-state index >= 15 is 0 Å². The summed E-state index contributed by atoms with van der Waals surface area (Å²) in [5, 5.41) is 10.8. The zero-order chi connectivity index (χ0) is 17.8. The van der Waals surface area contributed by atoms with E-state index in [-0.39, 0.29) is 17.3 Å². The van der Waals surface area contributed by atoms with Crippen molar-refractivity contribution in [2.24, 2.45) is 4.99 Å². The van der Waals surface area contributed by atoms with Crippen LogP contribution in [-0.2, 0) is 9.53 Å². The molecule has 1 aliphatic heterocycles. The molecule has 6 nitrogen and oxygen atoms in total. The third kappa shape index (κ3) is 4.27. The Bertz CT molecular complexity index is 948. The summed E-state index contributed by atoms with van der Waals surface area (Å²) in [5.41, 5.74) is 1.60. The number of carbonyl (C=O) groups excluding carboxylic acids is 1. The molecule has 25 heavy (non-hydrogen) atoms. The second-order valence-electron chi connectivity index (χ2n) is 5.11. The number of ether oxygens (including phenoxy) is 1. The number of nitrogens with zero attached hydrogens (tertiary/aromatic N) is 2. The zero-order valence-electron chi connectivity index (χ0n) is 12.8. The summed E-state index contributed by atoms with van der Waals surface area (Å²) in [6.07, 6.45) is 4.72. The van der Waals surface area contributed by atoms with E-state index in [4.69, 9.17) is 4.74 Å². The number of halogens is 1. The lowest BCUT2D eigenvalue weighted by atomic mass is 10.2. The number of non-ortho nitro benzene ring substituents is 1. The van der Waals surface area contributed by atoms with E-state index in [0.717, 1.165) is 10.0 Å². The lowest BCUT2D eigenvalue weighted by Crippen LogP contribution is -2.01. The Hall–Kier alpha value is -3.06. The Labute approximate surface area is 151 Å². The van der Waals surface area contributed by atoms with Crippen molar-refractivity contribution in [3.8, 4) is 0 Å². The second kappa shape index (κ2) is 7.23. The summed E-state index contributed by atoms with van der Waals surface area (Å²) < 4.78 is 5.98. The molecule has 0 saturated carbocycles. The minimum absolute atomic E-state index is 0.0113. The van der Waals surface area contributed by atoms with Crippen LogP contribution in [-0.4, -0.2) is 16.8 Å². The van der Waals surface area contributed by atoms with Crippen LogP contribution in [0.2, 0.25) is 0 Å². The number of hydrogen-bond donors (Lipinski definition) is 0. The molecule has 1 aliphatic rings. The minimum Gasteiger partial charge on any atom is -0.403 e. The highest BCUT2D eigenvalue weighted by Crippen LogP contribution is 2.19. The summed E-state index contributed by atoms with van der Waals surface area (Å²) in [6, 6.07) is 13.5. The third-order valence-electron chi connectivity index (χ3n) is 3.29. The van der Waals surface area contributed by atoms with E-state index < -0.39 is 10.9 Å². The Morgan fingerprint density at radius 3 is 2.60 bits per heavy atom. The summed E-state index contributed by atoms with van der Waals surface area (Å²) >= 11 is 3.36. The highest BCUT2D eigenvalue weighted by Gasteiger charge is 2.21. The quantitative estimate of drug-likeness (QED) is 0.331. The standard InChI is InChI=1S/C18H11BrN2O4/c19-14-5-1-4-13(9-14)11-16-18(22)25-17(20-16)8-7-12-3-2-6-15(10-12)21(23)24/h1-11H/b8-7-,16-11+. The predicted octanol–water partition coefficient (Wildman–Crippen LogP) is 4.37. The van der Waals surface area contributed by atoms with Crippen molar-refractivity contribution in [1.29, 1.82) is 0 Å². The van der Waals surface area contributed by atoms with Crippen LogP contribution < -0.4 is 0 Å². The summed E-state index contributed by atoms with van der Waals surface area (Å²) in [4.78, 5) is 26.3. The average molecular weight is 399 g/mol. The van der Waals surface area contributed by atoms with Gasteiger partial charge in [-0.2, -0.15) is 0 Å². The second-order valence-corrected chi connectivity index (χ2v) is 6.03. The SMILES string of the molecule is O=C1OC(/C=C\c2cccc([N+](=O)[O-])c2)=NC/1=C/c1cccc(Br)c1. The average Bonchev–Trinajstić information content (AvgIpc) is 2.93. The largest absolute Gasteiger partial charge is 0.403 e. The maximum Gasteiger partial charge on any atom is 0.363 e. The molecule has 3 rings (SSSR count). The van der Waals surface area contributed by atoms with E-state index in [1.807, 2.05) is 24.3 Å². The van der Waals surface area contributed by atoms with Crippen molar-refractivity contribution in [2.45, 2.75) is 0 Å². The number of nitro benzene ring substituents is 1. The van der Waals surface area contributed by atoms with Gasteiger partial charge in [0.1, 0.15) is 0 Å². The molecule has 0 bridgehead atoms. The molecule has 0 amide bonds. The highest BCUT2D eigenvalue weighted by atomic mass is 79.9. The van der Waals surface area contributed by atoms with Crippen LogP contribution in [0.25, 0.3) is 12.2 Å². The van der Waals surface area contributed by atoms with Crippen molar-refractivity contribution >= 4 is 45.6 Å². The lowest BCUT2D eigenvalue weighted by Gasteiger charge is -1.95. The zero-order valence-corrected chi connectivity index (χ0v) is 14.3. The van der Waals surface area contributed by atoms with E-state index in [9.17, 15) is 14.9 Å². The van der Waals surface area contributed by atoms with E-state index in [2.05, 4.69) is 20.9 Å². The number of benzene rings is 2. The van der Waals surface area contributed by atoms with Gasteiger partial charge in [-0.25, -0.2) is 9.79 Å². The summed E-state index contributed by atoms with van der Waals surface area (Å²) in [5.74, 6) is -0.406. The van der Waals surface area contributed by atoms with Crippen LogP contribution in [0.3, 0.4) is 0 Å². The Morgan fingerprint density at radius 1 is 1.08 bits per heavy atom. The van der Waals surface area contributed by atoms with Gasteiger partial charge in [-0.15, -0.1) is 0 Å². The molecule has 124 valence electrons. The lowest BCUT2D eigenvalue weighted by molar-refractivity contribution is -0.384. The van der Waals surface area contributed by atoms with Crippen molar-refractivity contribution in [1.82, 2.24) is 0 Å². The number of rotatable bonds is 4. The first-order chi connectivity index (χ1) is 12.0. The first-order valence-corrected chi connectivity index (χ1v) is 8.01. The molecule has 0 unspecified atom stereocenters. The molecule has 0 fully saturated rings. The molecule has 7 heteroatoms. The van der Waals surface area contributed by atoms with Gasteiger partial charge >= 0.3 is 5.97 Å². The van der Waals surface area contributed by atoms with Gasteiger partial charge in [-0.1, -0.05) is 40.2 Å². The summed E-state index contributed by atoms with van der Waals surface area (Å²) in [7, 11) is 0. The molecule has 0 aliphatic carbocycles. The number of aliphatic imine (C=N–C) groups is 1. The van der Waals surface area contributed by atoms with Gasteiger partial charge in [0.15, 0.2) is 5.70 Å². The molecule has 1 heterocycles. The van der Waals surface area contributed by atoms with E-state index in [1.165, 1.54) is 18.2 Å². The molecule has 0 N–H and O–H groups in total. The Morgan fingerprint density at radius 2 is 1.84 bits per heavy atom. The van der Waals surface area contributed by atoms with Crippen molar-refractivity contribution < 1.29 is 14.5 Å². The van der Waals surface area contributed by atoms with E-state index in [0.29, 0.717) is 5.56 Å². The molecule has 0 spiro atoms. The van der Waals surface area contributed by atoms with Gasteiger partial charge in [0.25, 0.3) is 5.69 Å². The van der Waals surface area contributed by atoms with E-state index in [1.54, 1.807) is 24.3 Å². The van der Waals surface area contributed by atoms with Gasteiger partial charge in [0, 0.05) is 22.7 Å². The number of esters is 1. The van der Waals surface area contributed by atoms with Gasteiger partial charge in [-0.05, 0) is 35.4 Å². The molecule has 2 aromatic carbocycles. The smallest absolute Gasteiger partial charge is 0.363 e. The molecule has 0 saturated heterocycles. The van der Waals surface area contributed by atoms with Crippen LogP contribution >= 0.6 is 15.9 Å². The molecule has 0 atom stereocenters. The third-order valence-corrected chi connectivity index (χ3v) is 3.78. The number of cyclic esters (lactones) is 1. The number of carbonyl (C=O) groups is 1. The monoisotopic (exact) mass is 398 g/mol. The summed E-state index contributed by atoms with van der Waals surface area (Å²) in [6.45, 7) is 0. The van der Waals surface area contributed by atoms with Gasteiger partial charge < -0.3 is 4.74 Å². The fourth-order valence-corrected chi connectivity index (χ4v) is 2.58. The molecule has 0 aromatic heterocycles. The van der Waals surface area contributed by atoms with Gasteiger partial charge in [0.2, 0.25) is 5.90 Å². The van der Waals surface area contributed by atoms with Crippen LogP contribution in [0, 0.1) is 10.1 Å². The predicted molar refractivity (Wildman–Crippen MR) is 97.8 cm³/mol.